The van der Waals surface area contributed by atoms with E-state index in [9.17, 15) is 18.0 Å². The summed E-state index contributed by atoms with van der Waals surface area (Å²) in [5, 5.41) is 3.29. The number of benzene rings is 2. The Balaban J connectivity index is 2.46. The van der Waals surface area contributed by atoms with E-state index in [1.807, 2.05) is 26.8 Å². The first-order valence-corrected chi connectivity index (χ1v) is 14.0. The largest absolute Gasteiger partial charge is 0.497 e. The fourth-order valence-corrected chi connectivity index (χ4v) is 4.68. The molecule has 2 rings (SSSR count). The first kappa shape index (κ1) is 29.5. The number of ether oxygens (including phenoxy) is 1. The third-order valence-corrected chi connectivity index (χ3v) is 7.23. The molecule has 0 bridgehead atoms. The van der Waals surface area contributed by atoms with Crippen molar-refractivity contribution in [2.75, 3.05) is 30.8 Å². The average Bonchev–Trinajstić information content (AvgIpc) is 2.82. The van der Waals surface area contributed by atoms with E-state index in [1.165, 1.54) is 11.0 Å². The van der Waals surface area contributed by atoms with E-state index in [1.54, 1.807) is 44.4 Å². The van der Waals surface area contributed by atoms with Gasteiger partial charge in [0.15, 0.2) is 0 Å². The summed E-state index contributed by atoms with van der Waals surface area (Å²) in [6, 6.07) is 11.2. The molecule has 0 spiro atoms. The number of carbonyl (C=O) groups is 2. The van der Waals surface area contributed by atoms with Gasteiger partial charge in [-0.25, -0.2) is 8.42 Å². The van der Waals surface area contributed by atoms with Crippen LogP contribution in [0.15, 0.2) is 42.5 Å². The minimum atomic E-state index is -3.83. The maximum Gasteiger partial charge on any atom is 0.244 e. The second-order valence-corrected chi connectivity index (χ2v) is 11.5. The van der Waals surface area contributed by atoms with Gasteiger partial charge in [-0.1, -0.05) is 50.6 Å². The number of hydrogen-bond acceptors (Lipinski definition) is 5. The molecule has 198 valence electrons. The Morgan fingerprint density at radius 1 is 1.14 bits per heavy atom. The molecule has 2 amide bonds. The Kier molecular flexibility index (Phi) is 10.6. The summed E-state index contributed by atoms with van der Waals surface area (Å²) in [6.45, 7) is 7.69. The van der Waals surface area contributed by atoms with Crippen LogP contribution in [0.3, 0.4) is 0 Å². The molecule has 36 heavy (non-hydrogen) atoms. The van der Waals surface area contributed by atoms with E-state index in [0.29, 0.717) is 23.7 Å². The molecule has 0 radical (unpaired) electrons. The standard InChI is InChI=1S/C26H36ClN3O5S/c1-7-24(26(32)28-15-18(2)3)29(16-20-9-8-10-22(13-20)35-5)25(31)17-30(36(6,33)34)21-12-11-19(4)23(27)14-21/h8-14,18,24H,7,15-17H2,1-6H3,(H,28,32)/t24-/m0/s1. The summed E-state index contributed by atoms with van der Waals surface area (Å²) in [7, 11) is -2.28. The highest BCUT2D eigenvalue weighted by atomic mass is 35.5. The highest BCUT2D eigenvalue weighted by Gasteiger charge is 2.32. The van der Waals surface area contributed by atoms with Crippen molar-refractivity contribution < 1.29 is 22.7 Å². The summed E-state index contributed by atoms with van der Waals surface area (Å²) in [4.78, 5) is 28.2. The first-order chi connectivity index (χ1) is 16.9. The van der Waals surface area contributed by atoms with Crippen LogP contribution in [0.1, 0.15) is 38.3 Å². The maximum atomic E-state index is 13.7. The number of nitrogens with zero attached hydrogens (tertiary/aromatic N) is 2. The molecule has 0 aliphatic heterocycles. The third-order valence-electron chi connectivity index (χ3n) is 5.68. The summed E-state index contributed by atoms with van der Waals surface area (Å²) >= 11 is 6.24. The van der Waals surface area contributed by atoms with Gasteiger partial charge in [0.2, 0.25) is 21.8 Å². The minimum Gasteiger partial charge on any atom is -0.497 e. The van der Waals surface area contributed by atoms with Crippen LogP contribution in [-0.4, -0.2) is 57.6 Å². The topological polar surface area (TPSA) is 96.0 Å². The number of methoxy groups -OCH3 is 1. The van der Waals surface area contributed by atoms with Gasteiger partial charge in [-0.15, -0.1) is 0 Å². The second kappa shape index (κ2) is 13.0. The number of rotatable bonds is 12. The second-order valence-electron chi connectivity index (χ2n) is 9.14. The molecule has 2 aromatic carbocycles. The van der Waals surface area contributed by atoms with Gasteiger partial charge in [-0.05, 0) is 54.7 Å². The van der Waals surface area contributed by atoms with E-state index >= 15 is 0 Å². The van der Waals surface area contributed by atoms with Gasteiger partial charge in [-0.3, -0.25) is 13.9 Å². The zero-order chi connectivity index (χ0) is 27.0. The lowest BCUT2D eigenvalue weighted by Gasteiger charge is -2.33. The number of aryl methyl sites for hydroxylation is 1. The normalized spacial score (nSPS) is 12.2. The third kappa shape index (κ3) is 8.13. The molecule has 0 aromatic heterocycles. The molecule has 0 heterocycles. The predicted octanol–water partition coefficient (Wildman–Crippen LogP) is 4.00. The van der Waals surface area contributed by atoms with Crippen LogP contribution in [0.4, 0.5) is 5.69 Å². The molecule has 1 atom stereocenters. The van der Waals surface area contributed by atoms with E-state index < -0.39 is 28.5 Å². The Labute approximate surface area is 219 Å². The van der Waals surface area contributed by atoms with Gasteiger partial charge in [0, 0.05) is 18.1 Å². The van der Waals surface area contributed by atoms with Crippen LogP contribution in [0.5, 0.6) is 5.75 Å². The van der Waals surface area contributed by atoms with Crippen molar-refractivity contribution in [1.82, 2.24) is 10.2 Å². The molecular weight excluding hydrogens is 502 g/mol. The van der Waals surface area contributed by atoms with Gasteiger partial charge in [-0.2, -0.15) is 0 Å². The molecule has 0 unspecified atom stereocenters. The number of hydrogen-bond donors (Lipinski definition) is 1. The molecule has 1 N–H and O–H groups in total. The van der Waals surface area contributed by atoms with Crippen LogP contribution in [-0.2, 0) is 26.2 Å². The highest BCUT2D eigenvalue weighted by molar-refractivity contribution is 7.92. The van der Waals surface area contributed by atoms with Gasteiger partial charge in [0.25, 0.3) is 0 Å². The van der Waals surface area contributed by atoms with E-state index in [2.05, 4.69) is 5.32 Å². The lowest BCUT2D eigenvalue weighted by atomic mass is 10.1. The molecule has 0 aliphatic rings. The SMILES string of the molecule is CC[C@@H](C(=O)NCC(C)C)N(Cc1cccc(OC)c1)C(=O)CN(c1ccc(C)c(Cl)c1)S(C)(=O)=O. The molecule has 0 saturated heterocycles. The van der Waals surface area contributed by atoms with Crippen molar-refractivity contribution in [3.8, 4) is 5.75 Å². The lowest BCUT2D eigenvalue weighted by Crippen LogP contribution is -2.52. The van der Waals surface area contributed by atoms with Crippen LogP contribution in [0.25, 0.3) is 0 Å². The number of anilines is 1. The molecule has 10 heteroatoms. The Hall–Kier alpha value is -2.78. The maximum absolute atomic E-state index is 13.7. The monoisotopic (exact) mass is 537 g/mol. The molecule has 2 aromatic rings. The predicted molar refractivity (Wildman–Crippen MR) is 144 cm³/mol. The fraction of sp³-hybridized carbons (Fsp3) is 0.462. The number of halogens is 1. The summed E-state index contributed by atoms with van der Waals surface area (Å²) in [6.07, 6.45) is 1.39. The zero-order valence-corrected chi connectivity index (χ0v) is 23.3. The van der Waals surface area contributed by atoms with Crippen molar-refractivity contribution in [3.63, 3.8) is 0 Å². The Bertz CT molecular complexity index is 1170. The molecule has 0 fully saturated rings. The number of nitrogens with one attached hydrogen (secondary N) is 1. The Morgan fingerprint density at radius 3 is 2.39 bits per heavy atom. The van der Waals surface area contributed by atoms with E-state index in [4.69, 9.17) is 16.3 Å². The van der Waals surface area contributed by atoms with Crippen molar-refractivity contribution in [1.29, 1.82) is 0 Å². The lowest BCUT2D eigenvalue weighted by molar-refractivity contribution is -0.140. The highest BCUT2D eigenvalue weighted by Crippen LogP contribution is 2.26. The molecular formula is C26H36ClN3O5S. The van der Waals surface area contributed by atoms with Crippen LogP contribution < -0.4 is 14.4 Å². The summed E-state index contributed by atoms with van der Waals surface area (Å²) in [5.74, 6) is 0.0588. The molecule has 8 nitrogen and oxygen atoms in total. The zero-order valence-electron chi connectivity index (χ0n) is 21.7. The van der Waals surface area contributed by atoms with Gasteiger partial charge in [0.05, 0.1) is 19.1 Å². The van der Waals surface area contributed by atoms with Crippen LogP contribution >= 0.6 is 11.6 Å². The van der Waals surface area contributed by atoms with Crippen LogP contribution in [0.2, 0.25) is 5.02 Å². The van der Waals surface area contributed by atoms with Crippen molar-refractivity contribution in [3.05, 3.63) is 58.6 Å². The van der Waals surface area contributed by atoms with Gasteiger partial charge < -0.3 is 15.0 Å². The first-order valence-electron chi connectivity index (χ1n) is 11.8. The number of carbonyl (C=O) groups excluding carboxylic acids is 2. The average molecular weight is 538 g/mol. The van der Waals surface area contributed by atoms with Gasteiger partial charge in [0.1, 0.15) is 18.3 Å². The number of sulfonamides is 1. The Morgan fingerprint density at radius 2 is 1.83 bits per heavy atom. The van der Waals surface area contributed by atoms with E-state index in [-0.39, 0.29) is 24.1 Å². The van der Waals surface area contributed by atoms with Crippen molar-refractivity contribution in [2.45, 2.75) is 46.7 Å². The summed E-state index contributed by atoms with van der Waals surface area (Å²) in [5.41, 5.74) is 1.81. The minimum absolute atomic E-state index is 0.107. The molecule has 0 aliphatic carbocycles. The smallest absolute Gasteiger partial charge is 0.244 e. The fourth-order valence-electron chi connectivity index (χ4n) is 3.66. The van der Waals surface area contributed by atoms with Crippen molar-refractivity contribution >= 4 is 39.1 Å². The van der Waals surface area contributed by atoms with Gasteiger partial charge >= 0.3 is 0 Å². The van der Waals surface area contributed by atoms with Crippen molar-refractivity contribution in [2.24, 2.45) is 5.92 Å². The van der Waals surface area contributed by atoms with Crippen LogP contribution in [0, 0.1) is 12.8 Å². The van der Waals surface area contributed by atoms with E-state index in [0.717, 1.165) is 21.7 Å². The quantitative estimate of drug-likeness (QED) is 0.441. The number of amides is 2. The molecule has 0 saturated carbocycles. The summed E-state index contributed by atoms with van der Waals surface area (Å²) < 4.78 is 31.7.